The van der Waals surface area contributed by atoms with E-state index in [2.05, 4.69) is 15.3 Å². The summed E-state index contributed by atoms with van der Waals surface area (Å²) < 4.78 is 10.1. The molecule has 1 aromatic rings. The zero-order chi connectivity index (χ0) is 15.5. The molecular formula is C13H18N4O3S. The van der Waals surface area contributed by atoms with Crippen LogP contribution in [0.1, 0.15) is 25.7 Å². The Hall–Kier alpha value is -1.96. The van der Waals surface area contributed by atoms with Crippen LogP contribution >= 0.6 is 12.2 Å². The highest BCUT2D eigenvalue weighted by molar-refractivity contribution is 7.80. The van der Waals surface area contributed by atoms with Crippen molar-refractivity contribution >= 4 is 29.1 Å². The Bertz CT molecular complexity index is 536. The minimum atomic E-state index is -0.811. The van der Waals surface area contributed by atoms with Crippen molar-refractivity contribution in [2.75, 3.05) is 19.5 Å². The van der Waals surface area contributed by atoms with E-state index in [0.717, 1.165) is 12.8 Å². The van der Waals surface area contributed by atoms with Crippen LogP contribution in [0.3, 0.4) is 0 Å². The van der Waals surface area contributed by atoms with Crippen LogP contribution in [0.5, 0.6) is 11.8 Å². The van der Waals surface area contributed by atoms with Gasteiger partial charge in [-0.3, -0.25) is 10.1 Å². The van der Waals surface area contributed by atoms with E-state index >= 15 is 0 Å². The van der Waals surface area contributed by atoms with Crippen molar-refractivity contribution in [3.63, 3.8) is 0 Å². The van der Waals surface area contributed by atoms with Gasteiger partial charge in [0.05, 0.1) is 30.7 Å². The van der Waals surface area contributed by atoms with E-state index in [4.69, 9.17) is 27.4 Å². The first-order valence-electron chi connectivity index (χ1n) is 6.60. The van der Waals surface area contributed by atoms with E-state index in [0.29, 0.717) is 24.6 Å². The summed E-state index contributed by atoms with van der Waals surface area (Å²) in [5, 5.41) is 2.67. The van der Waals surface area contributed by atoms with Crippen molar-refractivity contribution in [3.05, 3.63) is 6.07 Å². The van der Waals surface area contributed by atoms with Crippen molar-refractivity contribution in [2.45, 2.75) is 25.7 Å². The fourth-order valence-electron chi connectivity index (χ4n) is 2.45. The molecule has 1 fully saturated rings. The molecule has 114 valence electrons. The third kappa shape index (κ3) is 3.05. The number of thiocarbonyl (C=S) groups is 1. The number of hydrogen-bond acceptors (Lipinski definition) is 6. The maximum absolute atomic E-state index is 12.5. The summed E-state index contributed by atoms with van der Waals surface area (Å²) in [7, 11) is 2.95. The van der Waals surface area contributed by atoms with Crippen LogP contribution in [0.25, 0.3) is 0 Å². The van der Waals surface area contributed by atoms with E-state index in [1.165, 1.54) is 20.3 Å². The van der Waals surface area contributed by atoms with Gasteiger partial charge in [-0.25, -0.2) is 0 Å². The molecule has 1 amide bonds. The van der Waals surface area contributed by atoms with Crippen molar-refractivity contribution in [3.8, 4) is 11.8 Å². The summed E-state index contributed by atoms with van der Waals surface area (Å²) in [5.41, 5.74) is 4.97. The monoisotopic (exact) mass is 310 g/mol. The maximum Gasteiger partial charge on any atom is 0.239 e. The number of nitrogens with two attached hydrogens (primary N) is 1. The molecule has 0 saturated heterocycles. The second kappa shape index (κ2) is 6.21. The van der Waals surface area contributed by atoms with Crippen LogP contribution in [0, 0.1) is 5.41 Å². The largest absolute Gasteiger partial charge is 0.481 e. The zero-order valence-corrected chi connectivity index (χ0v) is 12.8. The highest BCUT2D eigenvalue weighted by atomic mass is 32.1. The Morgan fingerprint density at radius 3 is 2.24 bits per heavy atom. The molecular weight excluding hydrogens is 292 g/mol. The molecule has 0 atom stereocenters. The fourth-order valence-corrected chi connectivity index (χ4v) is 2.75. The molecule has 1 aliphatic carbocycles. The number of anilines is 1. The molecule has 1 heterocycles. The Balaban J connectivity index is 2.24. The average molecular weight is 310 g/mol. The first-order chi connectivity index (χ1) is 10.0. The zero-order valence-electron chi connectivity index (χ0n) is 12.0. The predicted molar refractivity (Wildman–Crippen MR) is 81.5 cm³/mol. The van der Waals surface area contributed by atoms with Gasteiger partial charge in [0, 0.05) is 0 Å². The van der Waals surface area contributed by atoms with Gasteiger partial charge in [0.1, 0.15) is 0 Å². The minimum Gasteiger partial charge on any atom is -0.481 e. The lowest BCUT2D eigenvalue weighted by Gasteiger charge is -2.25. The van der Waals surface area contributed by atoms with Gasteiger partial charge >= 0.3 is 0 Å². The second-order valence-electron chi connectivity index (χ2n) is 4.88. The third-order valence-electron chi connectivity index (χ3n) is 3.69. The maximum atomic E-state index is 12.5. The van der Waals surface area contributed by atoms with Crippen molar-refractivity contribution < 1.29 is 14.3 Å². The lowest BCUT2D eigenvalue weighted by Crippen LogP contribution is -2.44. The van der Waals surface area contributed by atoms with Crippen molar-refractivity contribution in [1.29, 1.82) is 0 Å². The Labute approximate surface area is 128 Å². The quantitative estimate of drug-likeness (QED) is 0.790. The molecule has 0 unspecified atom stereocenters. The molecule has 8 heteroatoms. The summed E-state index contributed by atoms with van der Waals surface area (Å²) in [5.74, 6) is 0.433. The van der Waals surface area contributed by atoms with Gasteiger partial charge in [-0.1, -0.05) is 25.1 Å². The van der Waals surface area contributed by atoms with Gasteiger partial charge in [0.25, 0.3) is 0 Å². The van der Waals surface area contributed by atoms with Crippen LogP contribution in [-0.2, 0) is 4.79 Å². The molecule has 3 N–H and O–H groups in total. The number of ether oxygens (including phenoxy) is 2. The number of aromatic nitrogens is 2. The lowest BCUT2D eigenvalue weighted by atomic mass is 9.85. The highest BCUT2D eigenvalue weighted by Gasteiger charge is 2.44. The van der Waals surface area contributed by atoms with Gasteiger partial charge < -0.3 is 15.2 Å². The number of methoxy groups -OCH3 is 2. The van der Waals surface area contributed by atoms with Crippen LogP contribution < -0.4 is 20.5 Å². The number of carbonyl (C=O) groups excluding carboxylic acids is 1. The molecule has 0 aliphatic heterocycles. The number of rotatable bonds is 5. The first kappa shape index (κ1) is 15.4. The molecule has 0 bridgehead atoms. The summed E-state index contributed by atoms with van der Waals surface area (Å²) >= 11 is 5.08. The minimum absolute atomic E-state index is 0.110. The van der Waals surface area contributed by atoms with Gasteiger partial charge in [-0.05, 0) is 12.8 Å². The van der Waals surface area contributed by atoms with Crippen LogP contribution in [-0.4, -0.2) is 35.1 Å². The van der Waals surface area contributed by atoms with E-state index < -0.39 is 5.41 Å². The van der Waals surface area contributed by atoms with Gasteiger partial charge in [0.2, 0.25) is 23.6 Å². The summed E-state index contributed by atoms with van der Waals surface area (Å²) in [6.45, 7) is 0. The number of nitrogens with one attached hydrogen (secondary N) is 1. The molecule has 0 radical (unpaired) electrons. The standard InChI is InChI=1S/C13H18N4O3S/c1-19-8-7-9(20-2)16-12(15-8)17-11(18)13(10(14)21)5-3-4-6-13/h7H,3-6H2,1-2H3,(H2,14,21)(H,15,16,17,18). The number of amides is 1. The van der Waals surface area contributed by atoms with Crippen LogP contribution in [0.4, 0.5) is 5.95 Å². The predicted octanol–water partition coefficient (Wildman–Crippen LogP) is 1.28. The lowest BCUT2D eigenvalue weighted by molar-refractivity contribution is -0.122. The normalized spacial score (nSPS) is 16.3. The molecule has 21 heavy (non-hydrogen) atoms. The first-order valence-corrected chi connectivity index (χ1v) is 7.01. The molecule has 2 rings (SSSR count). The second-order valence-corrected chi connectivity index (χ2v) is 5.32. The summed E-state index contributed by atoms with van der Waals surface area (Å²) in [4.78, 5) is 20.9. The van der Waals surface area contributed by atoms with Crippen LogP contribution in [0.2, 0.25) is 0 Å². The molecule has 1 aliphatic rings. The van der Waals surface area contributed by atoms with Gasteiger partial charge in [-0.15, -0.1) is 0 Å². The topological polar surface area (TPSA) is 99.4 Å². The van der Waals surface area contributed by atoms with E-state index in [1.54, 1.807) is 0 Å². The van der Waals surface area contributed by atoms with E-state index in [9.17, 15) is 4.79 Å². The number of nitrogens with zero attached hydrogens (tertiary/aromatic N) is 2. The Kier molecular flexibility index (Phi) is 4.56. The van der Waals surface area contributed by atoms with E-state index in [1.807, 2.05) is 0 Å². The number of carbonyl (C=O) groups is 1. The Morgan fingerprint density at radius 1 is 1.29 bits per heavy atom. The smallest absolute Gasteiger partial charge is 0.239 e. The molecule has 7 nitrogen and oxygen atoms in total. The molecule has 0 spiro atoms. The summed E-state index contributed by atoms with van der Waals surface area (Å²) in [6.07, 6.45) is 3.14. The third-order valence-corrected chi connectivity index (χ3v) is 4.08. The fraction of sp³-hybridized carbons (Fsp3) is 0.538. The number of hydrogen-bond donors (Lipinski definition) is 2. The average Bonchev–Trinajstić information content (AvgIpc) is 2.97. The van der Waals surface area contributed by atoms with E-state index in [-0.39, 0.29) is 16.8 Å². The van der Waals surface area contributed by atoms with Gasteiger partial charge in [-0.2, -0.15) is 9.97 Å². The van der Waals surface area contributed by atoms with Crippen molar-refractivity contribution in [1.82, 2.24) is 9.97 Å². The summed E-state index contributed by atoms with van der Waals surface area (Å²) in [6, 6.07) is 1.52. The molecule has 1 aromatic heterocycles. The highest BCUT2D eigenvalue weighted by Crippen LogP contribution is 2.39. The Morgan fingerprint density at radius 2 is 1.81 bits per heavy atom. The van der Waals surface area contributed by atoms with Gasteiger partial charge in [0.15, 0.2) is 0 Å². The van der Waals surface area contributed by atoms with Crippen LogP contribution in [0.15, 0.2) is 6.07 Å². The van der Waals surface area contributed by atoms with Crippen molar-refractivity contribution in [2.24, 2.45) is 11.1 Å². The molecule has 1 saturated carbocycles. The SMILES string of the molecule is COc1cc(OC)nc(NC(=O)C2(C(N)=S)CCCC2)n1. The molecule has 0 aromatic carbocycles.